The highest BCUT2D eigenvalue weighted by Gasteiger charge is 2.39. The predicted octanol–water partition coefficient (Wildman–Crippen LogP) is 11.9. The number of phenolic OH excluding ortho intramolecular Hbond substituents is 8. The largest absolute Gasteiger partial charge is 0.507 e. The van der Waals surface area contributed by atoms with Crippen molar-refractivity contribution in [2.24, 2.45) is 0 Å². The number of ketones is 2. The number of aromatic hydroxyl groups is 8. The second-order valence-corrected chi connectivity index (χ2v) is 20.6. The highest BCUT2D eigenvalue weighted by Crippen LogP contribution is 2.57. The molecular formula is C66H50O20. The van der Waals surface area contributed by atoms with Crippen molar-refractivity contribution >= 4 is 33.5 Å². The number of fused-ring (bicyclic) bond motifs is 4. The molecule has 8 N–H and O–H groups in total. The molecule has 10 aromatic rings. The van der Waals surface area contributed by atoms with Crippen LogP contribution in [0.5, 0.6) is 80.5 Å². The van der Waals surface area contributed by atoms with Gasteiger partial charge in [-0.25, -0.2) is 0 Å². The summed E-state index contributed by atoms with van der Waals surface area (Å²) >= 11 is 0. The maximum atomic E-state index is 14.2. The molecule has 0 spiro atoms. The smallest absolute Gasteiger partial charge is 0.197 e. The van der Waals surface area contributed by atoms with E-state index in [2.05, 4.69) is 0 Å². The molecule has 2 aliphatic rings. The van der Waals surface area contributed by atoms with E-state index in [1.807, 2.05) is 0 Å². The summed E-state index contributed by atoms with van der Waals surface area (Å²) in [5.74, 6) is -4.64. The zero-order chi connectivity index (χ0) is 60.9. The van der Waals surface area contributed by atoms with Crippen LogP contribution < -0.4 is 39.3 Å². The van der Waals surface area contributed by atoms with Crippen molar-refractivity contribution < 1.29 is 87.7 Å². The van der Waals surface area contributed by atoms with Gasteiger partial charge in [-0.1, -0.05) is 12.1 Å². The lowest BCUT2D eigenvalue weighted by atomic mass is 9.88. The Labute approximate surface area is 486 Å². The van der Waals surface area contributed by atoms with Gasteiger partial charge in [-0.2, -0.15) is 0 Å². The third-order valence-electron chi connectivity index (χ3n) is 15.7. The quantitative estimate of drug-likeness (QED) is 0.0596. The Hall–Kier alpha value is -11.3. The molecule has 8 aromatic carbocycles. The lowest BCUT2D eigenvalue weighted by Gasteiger charge is -2.29. The third-order valence-corrected chi connectivity index (χ3v) is 15.7. The minimum Gasteiger partial charge on any atom is -0.507 e. The van der Waals surface area contributed by atoms with Crippen molar-refractivity contribution in [3.05, 3.63) is 163 Å². The Morgan fingerprint density at radius 2 is 0.779 bits per heavy atom. The lowest BCUT2D eigenvalue weighted by Crippen LogP contribution is -2.21. The van der Waals surface area contributed by atoms with E-state index in [1.54, 1.807) is 62.4 Å². The number of hydrogen-bond acceptors (Lipinski definition) is 20. The molecule has 20 heteroatoms. The second kappa shape index (κ2) is 20.9. The van der Waals surface area contributed by atoms with Crippen molar-refractivity contribution in [1.82, 2.24) is 0 Å². The van der Waals surface area contributed by atoms with Crippen molar-refractivity contribution in [1.29, 1.82) is 0 Å². The Kier molecular flexibility index (Phi) is 13.4. The average molecular weight is 1160 g/mol. The molecule has 2 aromatic heterocycles. The van der Waals surface area contributed by atoms with Crippen LogP contribution in [0, 0.1) is 13.8 Å². The van der Waals surface area contributed by atoms with E-state index in [9.17, 15) is 60.0 Å². The van der Waals surface area contributed by atoms with Crippen LogP contribution in [0.25, 0.3) is 78.0 Å². The highest BCUT2D eigenvalue weighted by atomic mass is 16.5. The van der Waals surface area contributed by atoms with E-state index in [1.165, 1.54) is 77.0 Å². The zero-order valence-electron chi connectivity index (χ0n) is 46.4. The minimum atomic E-state index is -1.04. The molecule has 86 heavy (non-hydrogen) atoms. The van der Waals surface area contributed by atoms with Gasteiger partial charge < -0.3 is 78.1 Å². The lowest BCUT2D eigenvalue weighted by molar-refractivity contribution is 0.0834. The first-order valence-electron chi connectivity index (χ1n) is 26.5. The predicted molar refractivity (Wildman–Crippen MR) is 312 cm³/mol. The summed E-state index contributed by atoms with van der Waals surface area (Å²) in [4.78, 5) is 55.1. The van der Waals surface area contributed by atoms with Gasteiger partial charge in [0.2, 0.25) is 0 Å². The Morgan fingerprint density at radius 3 is 1.15 bits per heavy atom. The second-order valence-electron chi connectivity index (χ2n) is 20.6. The van der Waals surface area contributed by atoms with E-state index < -0.39 is 79.9 Å². The molecule has 0 radical (unpaired) electrons. The molecule has 20 nitrogen and oxygen atoms in total. The molecular weight excluding hydrogens is 1110 g/mol. The van der Waals surface area contributed by atoms with E-state index in [-0.39, 0.29) is 91.9 Å². The molecule has 0 saturated carbocycles. The highest BCUT2D eigenvalue weighted by molar-refractivity contribution is 6.09. The molecule has 2 atom stereocenters. The van der Waals surface area contributed by atoms with E-state index in [0.717, 1.165) is 12.1 Å². The van der Waals surface area contributed by atoms with Gasteiger partial charge in [-0.15, -0.1) is 0 Å². The fourth-order valence-electron chi connectivity index (χ4n) is 11.3. The summed E-state index contributed by atoms with van der Waals surface area (Å²) in [6.07, 6.45) is -2.84. The topological polar surface area (TPSA) is 312 Å². The molecule has 0 bridgehead atoms. The molecule has 434 valence electrons. The first-order chi connectivity index (χ1) is 41.2. The fourth-order valence-corrected chi connectivity index (χ4v) is 11.3. The monoisotopic (exact) mass is 1160 g/mol. The van der Waals surface area contributed by atoms with Crippen molar-refractivity contribution in [3.63, 3.8) is 0 Å². The molecule has 0 aliphatic carbocycles. The van der Waals surface area contributed by atoms with Gasteiger partial charge in [0.05, 0.1) is 52.4 Å². The first kappa shape index (κ1) is 55.3. The van der Waals surface area contributed by atoms with Crippen molar-refractivity contribution in [2.75, 3.05) is 28.4 Å². The fraction of sp³-hybridized carbons (Fsp3) is 0.152. The van der Waals surface area contributed by atoms with Crippen LogP contribution in [-0.2, 0) is 0 Å². The summed E-state index contributed by atoms with van der Waals surface area (Å²) in [6.45, 7) is 3.21. The number of carbonyl (C=O) groups is 2. The molecule has 12 rings (SSSR count). The summed E-state index contributed by atoms with van der Waals surface area (Å²) in [5, 5.41) is 91.0. The number of methoxy groups -OCH3 is 4. The number of hydrogen-bond donors (Lipinski definition) is 8. The molecule has 0 amide bonds. The Bertz CT molecular complexity index is 4410. The Balaban J connectivity index is 0.833. The van der Waals surface area contributed by atoms with Crippen LogP contribution in [0.1, 0.15) is 68.0 Å². The van der Waals surface area contributed by atoms with Crippen molar-refractivity contribution in [2.45, 2.75) is 38.9 Å². The molecule has 0 unspecified atom stereocenters. The standard InChI is InChI=1S/C66H50O20/c1-27-47(81-5)25-55-57(63(27)75)39(69)19-49(85-55)29-7-11-37(67)33(15-29)35-17-31(9-13-45(35)79-3)51-21-41(71)59-53(83-51)23-43(73)61(65(59)77)62-44(74)24-54-60(66(62)78)42(72)22-52(84-54)32-10-14-46(80-4)36(18-32)34-16-30(8-12-38(34)68)50-20-40(70)58-56(86-50)26-48(82-6)28(2)64(58)76/h7-20,23-26,51-52,67-68,73-78H,21-22H2,1-6H3/t51-,52-/m1/s1. The van der Waals surface area contributed by atoms with Gasteiger partial charge in [-0.3, -0.25) is 19.2 Å². The van der Waals surface area contributed by atoms with E-state index in [0.29, 0.717) is 67.5 Å². The summed E-state index contributed by atoms with van der Waals surface area (Å²) in [6, 6.07) is 26.1. The van der Waals surface area contributed by atoms with Gasteiger partial charge >= 0.3 is 0 Å². The van der Waals surface area contributed by atoms with Gasteiger partial charge in [0.25, 0.3) is 0 Å². The van der Waals surface area contributed by atoms with Crippen LogP contribution >= 0.6 is 0 Å². The molecule has 4 heterocycles. The normalized spacial score (nSPS) is 14.5. The maximum Gasteiger partial charge on any atom is 0.197 e. The van der Waals surface area contributed by atoms with Crippen LogP contribution in [0.2, 0.25) is 0 Å². The minimum absolute atomic E-state index is 0.0357. The number of Topliss-reactive ketones (excluding diaryl/α,β-unsaturated/α-hetero) is 2. The Morgan fingerprint density at radius 1 is 0.395 bits per heavy atom. The SMILES string of the molecule is COc1ccc([C@H]2CC(=O)c3c(cc(O)c(-c4c(O)cc5c(c4O)C(=O)C[C@H](c4ccc(OC)c(-c6cc(-c7cc(=O)c8c(O)c(C)c(OC)cc8o7)ccc6O)c4)O5)c3O)O2)cc1-c1cc(-c2cc(=O)c3c(O)c(C)c(OC)cc3o2)ccc1O. The van der Waals surface area contributed by atoms with Crippen LogP contribution in [0.4, 0.5) is 0 Å². The number of carbonyl (C=O) groups excluding carboxylic acids is 2. The van der Waals surface area contributed by atoms with Gasteiger partial charge in [0.15, 0.2) is 22.4 Å². The molecule has 0 saturated heterocycles. The summed E-state index contributed by atoms with van der Waals surface area (Å²) in [7, 11) is 5.67. The number of benzene rings is 8. The van der Waals surface area contributed by atoms with Gasteiger partial charge in [-0.05, 0) is 85.6 Å². The van der Waals surface area contributed by atoms with Crippen LogP contribution in [0.3, 0.4) is 0 Å². The van der Waals surface area contributed by atoms with E-state index >= 15 is 0 Å². The first-order valence-corrected chi connectivity index (χ1v) is 26.5. The molecule has 2 aliphatic heterocycles. The maximum absolute atomic E-state index is 14.2. The van der Waals surface area contributed by atoms with Gasteiger partial charge in [0.1, 0.15) is 137 Å². The average Bonchev–Trinajstić information content (AvgIpc) is 0.911. The van der Waals surface area contributed by atoms with Crippen molar-refractivity contribution in [3.8, 4) is 137 Å². The van der Waals surface area contributed by atoms with E-state index in [4.69, 9.17) is 37.3 Å². The van der Waals surface area contributed by atoms with Crippen LogP contribution in [-0.4, -0.2) is 80.9 Å². The third kappa shape index (κ3) is 8.93. The van der Waals surface area contributed by atoms with Gasteiger partial charge in [0, 0.05) is 80.9 Å². The summed E-state index contributed by atoms with van der Waals surface area (Å²) < 4.78 is 46.9. The number of rotatable bonds is 11. The van der Waals surface area contributed by atoms with Crippen LogP contribution in [0.15, 0.2) is 128 Å². The summed E-state index contributed by atoms with van der Waals surface area (Å²) in [5.41, 5.74) is 0.496. The molecule has 0 fully saturated rings. The zero-order valence-corrected chi connectivity index (χ0v) is 46.4. The number of phenols is 8. The number of ether oxygens (including phenoxy) is 6.